The molecule has 0 radical (unpaired) electrons. The SMILES string of the molecule is CC(CC=O)c1ccc2c(c1)COC2. The Bertz CT molecular complexity index is 344. The van der Waals surface area contributed by atoms with Gasteiger partial charge in [0.25, 0.3) is 0 Å². The average Bonchev–Trinajstić information content (AvgIpc) is 2.64. The molecule has 0 fully saturated rings. The maximum atomic E-state index is 10.4. The van der Waals surface area contributed by atoms with Crippen LogP contribution >= 0.6 is 0 Å². The first-order chi connectivity index (χ1) is 6.81. The zero-order valence-electron chi connectivity index (χ0n) is 8.32. The van der Waals surface area contributed by atoms with Gasteiger partial charge in [0.15, 0.2) is 0 Å². The Hall–Kier alpha value is -1.15. The van der Waals surface area contributed by atoms with Crippen LogP contribution in [0, 0.1) is 0 Å². The predicted molar refractivity (Wildman–Crippen MR) is 54.0 cm³/mol. The lowest BCUT2D eigenvalue weighted by molar-refractivity contribution is -0.108. The van der Waals surface area contributed by atoms with Crippen LogP contribution in [-0.2, 0) is 22.7 Å². The maximum Gasteiger partial charge on any atom is 0.120 e. The first-order valence-electron chi connectivity index (χ1n) is 4.94. The number of fused-ring (bicyclic) bond motifs is 1. The molecular formula is C12H14O2. The van der Waals surface area contributed by atoms with E-state index in [2.05, 4.69) is 25.1 Å². The van der Waals surface area contributed by atoms with Crippen LogP contribution in [-0.4, -0.2) is 6.29 Å². The molecule has 14 heavy (non-hydrogen) atoms. The summed E-state index contributed by atoms with van der Waals surface area (Å²) in [5, 5.41) is 0. The first kappa shape index (κ1) is 9.41. The molecule has 2 heteroatoms. The fraction of sp³-hybridized carbons (Fsp3) is 0.417. The van der Waals surface area contributed by atoms with E-state index in [1.807, 2.05) is 0 Å². The van der Waals surface area contributed by atoms with E-state index in [4.69, 9.17) is 4.74 Å². The number of aldehydes is 1. The Kier molecular flexibility index (Phi) is 2.64. The Morgan fingerprint density at radius 2 is 2.21 bits per heavy atom. The number of hydrogen-bond donors (Lipinski definition) is 0. The Morgan fingerprint density at radius 3 is 3.00 bits per heavy atom. The quantitative estimate of drug-likeness (QED) is 0.684. The molecule has 0 aromatic heterocycles. The summed E-state index contributed by atoms with van der Waals surface area (Å²) in [5.74, 6) is 0.318. The summed E-state index contributed by atoms with van der Waals surface area (Å²) in [5.41, 5.74) is 3.80. The Labute approximate surface area is 83.9 Å². The van der Waals surface area contributed by atoms with Crippen LogP contribution in [0.1, 0.15) is 36.0 Å². The van der Waals surface area contributed by atoms with Gasteiger partial charge in [-0.1, -0.05) is 25.1 Å². The fourth-order valence-corrected chi connectivity index (χ4v) is 1.78. The summed E-state index contributed by atoms with van der Waals surface area (Å²) >= 11 is 0. The fourth-order valence-electron chi connectivity index (χ4n) is 1.78. The van der Waals surface area contributed by atoms with Gasteiger partial charge in [-0.25, -0.2) is 0 Å². The second-order valence-corrected chi connectivity index (χ2v) is 3.82. The summed E-state index contributed by atoms with van der Waals surface area (Å²) in [6.45, 7) is 3.53. The zero-order valence-corrected chi connectivity index (χ0v) is 8.32. The van der Waals surface area contributed by atoms with Gasteiger partial charge in [0.1, 0.15) is 6.29 Å². The van der Waals surface area contributed by atoms with Crippen molar-refractivity contribution in [2.45, 2.75) is 32.5 Å². The highest BCUT2D eigenvalue weighted by molar-refractivity contribution is 5.51. The van der Waals surface area contributed by atoms with Crippen molar-refractivity contribution in [2.75, 3.05) is 0 Å². The molecule has 1 aliphatic heterocycles. The van der Waals surface area contributed by atoms with Crippen LogP contribution in [0.3, 0.4) is 0 Å². The summed E-state index contributed by atoms with van der Waals surface area (Å²) in [4.78, 5) is 10.4. The summed E-state index contributed by atoms with van der Waals surface area (Å²) < 4.78 is 5.34. The van der Waals surface area contributed by atoms with E-state index in [0.29, 0.717) is 12.3 Å². The summed E-state index contributed by atoms with van der Waals surface area (Å²) in [6.07, 6.45) is 1.58. The highest BCUT2D eigenvalue weighted by Gasteiger charge is 2.13. The minimum absolute atomic E-state index is 0.318. The molecule has 1 aromatic carbocycles. The van der Waals surface area contributed by atoms with Crippen molar-refractivity contribution in [1.82, 2.24) is 0 Å². The van der Waals surface area contributed by atoms with Gasteiger partial charge in [-0.3, -0.25) is 0 Å². The van der Waals surface area contributed by atoms with Gasteiger partial charge in [0.05, 0.1) is 13.2 Å². The van der Waals surface area contributed by atoms with E-state index < -0.39 is 0 Å². The lowest BCUT2D eigenvalue weighted by Gasteiger charge is -2.09. The normalized spacial score (nSPS) is 16.4. The number of carbonyl (C=O) groups excluding carboxylic acids is 1. The molecule has 2 rings (SSSR count). The second kappa shape index (κ2) is 3.93. The smallest absolute Gasteiger partial charge is 0.120 e. The van der Waals surface area contributed by atoms with E-state index in [1.165, 1.54) is 16.7 Å². The van der Waals surface area contributed by atoms with Crippen LogP contribution in [0.15, 0.2) is 18.2 Å². The molecule has 1 unspecified atom stereocenters. The van der Waals surface area contributed by atoms with Crippen molar-refractivity contribution in [1.29, 1.82) is 0 Å². The molecule has 0 spiro atoms. The van der Waals surface area contributed by atoms with Gasteiger partial charge < -0.3 is 9.53 Å². The van der Waals surface area contributed by atoms with Crippen molar-refractivity contribution in [3.05, 3.63) is 34.9 Å². The number of rotatable bonds is 3. The van der Waals surface area contributed by atoms with Gasteiger partial charge in [-0.2, -0.15) is 0 Å². The van der Waals surface area contributed by atoms with Crippen molar-refractivity contribution >= 4 is 6.29 Å². The molecule has 0 N–H and O–H groups in total. The molecule has 1 aliphatic rings. The third kappa shape index (κ3) is 1.70. The molecule has 0 aliphatic carbocycles. The lowest BCUT2D eigenvalue weighted by Crippen LogP contribution is -1.95. The largest absolute Gasteiger partial charge is 0.372 e. The van der Waals surface area contributed by atoms with Crippen LogP contribution in [0.4, 0.5) is 0 Å². The first-order valence-corrected chi connectivity index (χ1v) is 4.94. The molecule has 74 valence electrons. The van der Waals surface area contributed by atoms with Gasteiger partial charge in [0, 0.05) is 6.42 Å². The average molecular weight is 190 g/mol. The topological polar surface area (TPSA) is 26.3 Å². The molecule has 0 saturated heterocycles. The molecule has 1 heterocycles. The second-order valence-electron chi connectivity index (χ2n) is 3.82. The van der Waals surface area contributed by atoms with E-state index in [1.54, 1.807) is 0 Å². The summed E-state index contributed by atoms with van der Waals surface area (Å²) in [7, 11) is 0. The van der Waals surface area contributed by atoms with Crippen LogP contribution in [0.25, 0.3) is 0 Å². The van der Waals surface area contributed by atoms with Crippen LogP contribution in [0.2, 0.25) is 0 Å². The molecule has 1 aromatic rings. The molecule has 0 bridgehead atoms. The zero-order chi connectivity index (χ0) is 9.97. The van der Waals surface area contributed by atoms with E-state index >= 15 is 0 Å². The van der Waals surface area contributed by atoms with Crippen molar-refractivity contribution in [3.8, 4) is 0 Å². The Morgan fingerprint density at radius 1 is 1.43 bits per heavy atom. The highest BCUT2D eigenvalue weighted by atomic mass is 16.5. The molecule has 0 saturated carbocycles. The van der Waals surface area contributed by atoms with Crippen molar-refractivity contribution in [3.63, 3.8) is 0 Å². The highest BCUT2D eigenvalue weighted by Crippen LogP contribution is 2.25. The monoisotopic (exact) mass is 190 g/mol. The van der Waals surface area contributed by atoms with Gasteiger partial charge >= 0.3 is 0 Å². The van der Waals surface area contributed by atoms with Gasteiger partial charge in [-0.15, -0.1) is 0 Å². The van der Waals surface area contributed by atoms with Crippen molar-refractivity contribution < 1.29 is 9.53 Å². The predicted octanol–water partition coefficient (Wildman–Crippen LogP) is 2.41. The number of ether oxygens (including phenoxy) is 1. The van der Waals surface area contributed by atoms with Crippen LogP contribution in [0.5, 0.6) is 0 Å². The summed E-state index contributed by atoms with van der Waals surface area (Å²) in [6, 6.07) is 6.37. The number of hydrogen-bond acceptors (Lipinski definition) is 2. The maximum absolute atomic E-state index is 10.4. The minimum atomic E-state index is 0.318. The van der Waals surface area contributed by atoms with Gasteiger partial charge in [0.2, 0.25) is 0 Å². The third-order valence-electron chi connectivity index (χ3n) is 2.76. The third-order valence-corrected chi connectivity index (χ3v) is 2.76. The molecule has 1 atom stereocenters. The Balaban J connectivity index is 2.23. The van der Waals surface area contributed by atoms with Crippen molar-refractivity contribution in [2.24, 2.45) is 0 Å². The van der Waals surface area contributed by atoms with Crippen LogP contribution < -0.4 is 0 Å². The molecular weight excluding hydrogens is 176 g/mol. The number of carbonyl (C=O) groups is 1. The van der Waals surface area contributed by atoms with Gasteiger partial charge in [-0.05, 0) is 22.6 Å². The van der Waals surface area contributed by atoms with E-state index in [-0.39, 0.29) is 0 Å². The number of benzene rings is 1. The molecule has 0 amide bonds. The lowest BCUT2D eigenvalue weighted by atomic mass is 9.95. The standard InChI is InChI=1S/C12H14O2/c1-9(4-5-13)10-2-3-11-7-14-8-12(11)6-10/h2-3,5-6,9H,4,7-8H2,1H3. The minimum Gasteiger partial charge on any atom is -0.372 e. The molecule has 2 nitrogen and oxygen atoms in total. The van der Waals surface area contributed by atoms with E-state index in [9.17, 15) is 4.79 Å². The van der Waals surface area contributed by atoms with E-state index in [0.717, 1.165) is 19.5 Å².